The van der Waals surface area contributed by atoms with Crippen LogP contribution in [0.15, 0.2) is 15.9 Å². The third-order valence-corrected chi connectivity index (χ3v) is 5.12. The van der Waals surface area contributed by atoms with Gasteiger partial charge >= 0.3 is 0 Å². The summed E-state index contributed by atoms with van der Waals surface area (Å²) in [5.41, 5.74) is 0. The Morgan fingerprint density at radius 2 is 2.36 bits per heavy atom. The van der Waals surface area contributed by atoms with E-state index >= 15 is 0 Å². The van der Waals surface area contributed by atoms with Gasteiger partial charge in [0.2, 0.25) is 0 Å². The summed E-state index contributed by atoms with van der Waals surface area (Å²) in [7, 11) is 0. The number of piperidine rings is 1. The minimum atomic E-state index is 0.904. The van der Waals surface area contributed by atoms with Crippen molar-refractivity contribution in [1.82, 2.24) is 4.90 Å². The first-order valence-corrected chi connectivity index (χ1v) is 6.90. The van der Waals surface area contributed by atoms with Crippen LogP contribution in [0.1, 0.15) is 24.1 Å². The van der Waals surface area contributed by atoms with Gasteiger partial charge < -0.3 is 0 Å². The van der Waals surface area contributed by atoms with Crippen molar-refractivity contribution in [2.45, 2.75) is 31.8 Å². The van der Waals surface area contributed by atoms with Crippen molar-refractivity contribution in [1.29, 1.82) is 0 Å². The first kappa shape index (κ1) is 9.37. The summed E-state index contributed by atoms with van der Waals surface area (Å²) in [6, 6.07) is 5.32. The van der Waals surface area contributed by atoms with Gasteiger partial charge in [0.05, 0.1) is 3.79 Å². The molecule has 2 atom stereocenters. The molecule has 1 aromatic rings. The molecule has 3 heteroatoms. The first-order chi connectivity index (χ1) is 6.81. The molecule has 2 fully saturated rings. The molecule has 14 heavy (non-hydrogen) atoms. The second-order valence-corrected chi connectivity index (χ2v) is 7.02. The van der Waals surface area contributed by atoms with Gasteiger partial charge in [0.25, 0.3) is 0 Å². The predicted molar refractivity (Wildman–Crippen MR) is 63.6 cm³/mol. The van der Waals surface area contributed by atoms with Gasteiger partial charge in [-0.3, -0.25) is 4.90 Å². The summed E-state index contributed by atoms with van der Waals surface area (Å²) in [5.74, 6) is 1.02. The van der Waals surface area contributed by atoms with E-state index in [2.05, 4.69) is 33.0 Å². The Morgan fingerprint density at radius 1 is 1.43 bits per heavy atom. The van der Waals surface area contributed by atoms with E-state index < -0.39 is 0 Å². The van der Waals surface area contributed by atoms with E-state index in [0.717, 1.165) is 12.0 Å². The van der Waals surface area contributed by atoms with E-state index in [1.165, 1.54) is 41.0 Å². The van der Waals surface area contributed by atoms with Crippen LogP contribution in [0, 0.1) is 5.92 Å². The zero-order chi connectivity index (χ0) is 9.54. The van der Waals surface area contributed by atoms with Gasteiger partial charge in [0.1, 0.15) is 0 Å². The summed E-state index contributed by atoms with van der Waals surface area (Å²) in [4.78, 5) is 4.18. The number of nitrogens with zero attached hydrogens (tertiary/aromatic N) is 1. The van der Waals surface area contributed by atoms with Crippen LogP contribution >= 0.6 is 27.3 Å². The Morgan fingerprint density at radius 3 is 2.93 bits per heavy atom. The number of thiophene rings is 1. The van der Waals surface area contributed by atoms with Gasteiger partial charge in [-0.25, -0.2) is 0 Å². The van der Waals surface area contributed by atoms with Gasteiger partial charge in [0, 0.05) is 24.0 Å². The highest BCUT2D eigenvalue weighted by Gasteiger charge is 2.37. The fraction of sp³-hybridized carbons (Fsp3) is 0.636. The maximum atomic E-state index is 3.52. The summed E-state index contributed by atoms with van der Waals surface area (Å²) >= 11 is 5.40. The molecule has 2 aliphatic rings. The van der Waals surface area contributed by atoms with Crippen molar-refractivity contribution in [3.8, 4) is 0 Å². The SMILES string of the molecule is Brc1ccc(CN2CC3CCC2C3)s1. The van der Waals surface area contributed by atoms with Crippen molar-refractivity contribution in [2.75, 3.05) is 6.54 Å². The molecule has 0 amide bonds. The third-order valence-electron chi connectivity index (χ3n) is 3.51. The van der Waals surface area contributed by atoms with E-state index in [0.29, 0.717) is 0 Å². The standard InChI is InChI=1S/C11H14BrNS/c12-11-4-3-10(14-11)7-13-6-8-1-2-9(13)5-8/h3-4,8-9H,1-2,5-7H2. The molecule has 0 N–H and O–H groups in total. The lowest BCUT2D eigenvalue weighted by molar-refractivity contribution is 0.207. The van der Waals surface area contributed by atoms with Crippen LogP contribution in [0.2, 0.25) is 0 Å². The molecule has 76 valence electrons. The fourth-order valence-electron chi connectivity index (χ4n) is 2.86. The third kappa shape index (κ3) is 1.66. The maximum Gasteiger partial charge on any atom is 0.0701 e. The van der Waals surface area contributed by atoms with Crippen LogP contribution in [0.4, 0.5) is 0 Å². The number of rotatable bonds is 2. The molecule has 0 spiro atoms. The van der Waals surface area contributed by atoms with Gasteiger partial charge in [-0.15, -0.1) is 11.3 Å². The molecule has 1 aliphatic heterocycles. The Bertz CT molecular complexity index is 336. The van der Waals surface area contributed by atoms with Crippen LogP contribution in [0.5, 0.6) is 0 Å². The summed E-state index contributed by atoms with van der Waals surface area (Å²) in [5, 5.41) is 0. The minimum Gasteiger partial charge on any atom is -0.295 e. The molecule has 2 heterocycles. The maximum absolute atomic E-state index is 3.52. The highest BCUT2D eigenvalue weighted by atomic mass is 79.9. The monoisotopic (exact) mass is 271 g/mol. The lowest BCUT2D eigenvalue weighted by atomic mass is 10.1. The topological polar surface area (TPSA) is 3.24 Å². The average Bonchev–Trinajstić information content (AvgIpc) is 2.82. The Balaban J connectivity index is 1.68. The van der Waals surface area contributed by atoms with E-state index in [4.69, 9.17) is 0 Å². The predicted octanol–water partition coefficient (Wildman–Crippen LogP) is 3.49. The van der Waals surface area contributed by atoms with Crippen molar-refractivity contribution < 1.29 is 0 Å². The summed E-state index contributed by atoms with van der Waals surface area (Å²) in [6.45, 7) is 2.53. The fourth-order valence-corrected chi connectivity index (χ4v) is 4.37. The second-order valence-electron chi connectivity index (χ2n) is 4.47. The largest absolute Gasteiger partial charge is 0.295 e. The van der Waals surface area contributed by atoms with Gasteiger partial charge in [0.15, 0.2) is 0 Å². The van der Waals surface area contributed by atoms with E-state index in [9.17, 15) is 0 Å². The molecule has 0 radical (unpaired) electrons. The molecule has 3 rings (SSSR count). The molecule has 1 saturated heterocycles. The first-order valence-electron chi connectivity index (χ1n) is 5.29. The Labute approximate surface area is 97.2 Å². The number of halogens is 1. The molecular weight excluding hydrogens is 258 g/mol. The van der Waals surface area contributed by atoms with Crippen molar-refractivity contribution in [2.24, 2.45) is 5.92 Å². The summed E-state index contributed by atoms with van der Waals surface area (Å²) < 4.78 is 1.26. The lowest BCUT2D eigenvalue weighted by Gasteiger charge is -2.25. The zero-order valence-corrected chi connectivity index (χ0v) is 10.5. The van der Waals surface area contributed by atoms with Crippen LogP contribution in [0.25, 0.3) is 0 Å². The van der Waals surface area contributed by atoms with E-state index in [-0.39, 0.29) is 0 Å². The number of likely N-dealkylation sites (tertiary alicyclic amines) is 1. The second kappa shape index (κ2) is 3.62. The zero-order valence-electron chi connectivity index (χ0n) is 8.08. The molecular formula is C11H14BrNS. The van der Waals surface area contributed by atoms with Gasteiger partial charge in [-0.05, 0) is 53.2 Å². The van der Waals surface area contributed by atoms with E-state index in [1.807, 2.05) is 11.3 Å². The van der Waals surface area contributed by atoms with Crippen molar-refractivity contribution >= 4 is 27.3 Å². The van der Waals surface area contributed by atoms with Crippen LogP contribution in [0.3, 0.4) is 0 Å². The van der Waals surface area contributed by atoms with Crippen LogP contribution in [-0.2, 0) is 6.54 Å². The molecule has 1 aliphatic carbocycles. The summed E-state index contributed by atoms with van der Waals surface area (Å²) in [6.07, 6.45) is 4.39. The van der Waals surface area contributed by atoms with Crippen molar-refractivity contribution in [3.63, 3.8) is 0 Å². The van der Waals surface area contributed by atoms with Crippen LogP contribution in [-0.4, -0.2) is 17.5 Å². The Hall–Kier alpha value is 0.140. The van der Waals surface area contributed by atoms with Gasteiger partial charge in [-0.1, -0.05) is 0 Å². The quantitative estimate of drug-likeness (QED) is 0.796. The van der Waals surface area contributed by atoms with E-state index in [1.54, 1.807) is 0 Å². The molecule has 1 saturated carbocycles. The molecule has 1 aromatic heterocycles. The molecule has 2 unspecified atom stereocenters. The smallest absolute Gasteiger partial charge is 0.0701 e. The highest BCUT2D eigenvalue weighted by molar-refractivity contribution is 9.11. The number of hydrogen-bond acceptors (Lipinski definition) is 2. The Kier molecular flexibility index (Phi) is 2.42. The average molecular weight is 272 g/mol. The van der Waals surface area contributed by atoms with Crippen molar-refractivity contribution in [3.05, 3.63) is 20.8 Å². The lowest BCUT2D eigenvalue weighted by Crippen LogP contribution is -2.30. The van der Waals surface area contributed by atoms with Crippen LogP contribution < -0.4 is 0 Å². The normalized spacial score (nSPS) is 31.5. The molecule has 1 nitrogen and oxygen atoms in total. The minimum absolute atomic E-state index is 0.904. The van der Waals surface area contributed by atoms with Gasteiger partial charge in [-0.2, -0.15) is 0 Å². The molecule has 0 aromatic carbocycles. The number of hydrogen-bond donors (Lipinski definition) is 0. The molecule has 2 bridgehead atoms. The number of fused-ring (bicyclic) bond motifs is 2. The highest BCUT2D eigenvalue weighted by Crippen LogP contribution is 2.38.